The molecule has 5 rings (SSSR count). The quantitative estimate of drug-likeness (QED) is 0.378. The van der Waals surface area contributed by atoms with Crippen molar-refractivity contribution in [3.8, 4) is 10.7 Å². The molecule has 1 atom stereocenters. The van der Waals surface area contributed by atoms with E-state index >= 15 is 0 Å². The molecule has 3 aromatic heterocycles. The predicted octanol–water partition coefficient (Wildman–Crippen LogP) is 6.21. The molecule has 0 saturated heterocycles. The lowest BCUT2D eigenvalue weighted by molar-refractivity contribution is 0.203. The van der Waals surface area contributed by atoms with Gasteiger partial charge in [0.25, 0.3) is 5.89 Å². The maximum absolute atomic E-state index is 13.1. The Kier molecular flexibility index (Phi) is 5.35. The van der Waals surface area contributed by atoms with E-state index < -0.39 is 6.04 Å². The van der Waals surface area contributed by atoms with E-state index in [1.54, 1.807) is 33.6 Å². The second-order valence-electron chi connectivity index (χ2n) is 7.00. The number of carbonyl (C=O) groups excluding carboxylic acids is 1. The second-order valence-corrected chi connectivity index (χ2v) is 9.42. The van der Waals surface area contributed by atoms with Gasteiger partial charge in [-0.25, -0.2) is 4.79 Å². The van der Waals surface area contributed by atoms with Gasteiger partial charge in [-0.3, -0.25) is 4.90 Å². The number of amides is 2. The summed E-state index contributed by atoms with van der Waals surface area (Å²) in [5.41, 5.74) is 2.37. The van der Waals surface area contributed by atoms with Crippen molar-refractivity contribution in [2.45, 2.75) is 19.5 Å². The summed E-state index contributed by atoms with van der Waals surface area (Å²) in [6.45, 7) is 2.38. The summed E-state index contributed by atoms with van der Waals surface area (Å²) in [4.78, 5) is 21.4. The van der Waals surface area contributed by atoms with Crippen LogP contribution in [0.15, 0.2) is 69.5 Å². The number of benzene rings is 1. The highest BCUT2D eigenvalue weighted by atomic mass is 35.5. The highest BCUT2D eigenvalue weighted by molar-refractivity contribution is 7.13. The minimum atomic E-state index is -0.456. The monoisotopic (exact) mass is 468 g/mol. The molecular weight excluding hydrogens is 452 g/mol. The first kappa shape index (κ1) is 20.0. The Hall–Kier alpha value is -2.94. The van der Waals surface area contributed by atoms with E-state index in [2.05, 4.69) is 15.5 Å². The van der Waals surface area contributed by atoms with Gasteiger partial charge < -0.3 is 9.84 Å². The average Bonchev–Trinajstić information content (AvgIpc) is 3.53. The molecule has 0 bridgehead atoms. The van der Waals surface area contributed by atoms with E-state index in [0.717, 1.165) is 26.6 Å². The number of aromatic nitrogens is 2. The van der Waals surface area contributed by atoms with Gasteiger partial charge in [0.1, 0.15) is 0 Å². The van der Waals surface area contributed by atoms with Crippen LogP contribution in [-0.4, -0.2) is 21.1 Å². The topological polar surface area (TPSA) is 71.3 Å². The number of urea groups is 1. The van der Waals surface area contributed by atoms with Gasteiger partial charge in [0.05, 0.1) is 23.0 Å². The fourth-order valence-electron chi connectivity index (χ4n) is 3.58. The third-order valence-corrected chi connectivity index (χ3v) is 7.03. The van der Waals surface area contributed by atoms with Crippen LogP contribution in [0.2, 0.25) is 5.02 Å². The van der Waals surface area contributed by atoms with Gasteiger partial charge >= 0.3 is 6.03 Å². The Bertz CT molecular complexity index is 1250. The Morgan fingerprint density at radius 2 is 2.00 bits per heavy atom. The van der Waals surface area contributed by atoms with Crippen LogP contribution < -0.4 is 5.32 Å². The lowest BCUT2D eigenvalue weighted by Gasteiger charge is -2.35. The Morgan fingerprint density at radius 1 is 1.16 bits per heavy atom. The maximum atomic E-state index is 13.1. The Labute approximate surface area is 191 Å². The molecule has 0 spiro atoms. The van der Waals surface area contributed by atoms with Crippen molar-refractivity contribution in [2.24, 2.45) is 0 Å². The number of hydrogen-bond acceptors (Lipinski definition) is 6. The maximum Gasteiger partial charge on any atom is 0.322 e. The second kappa shape index (κ2) is 8.30. The molecule has 156 valence electrons. The molecule has 1 aliphatic heterocycles. The lowest BCUT2D eigenvalue weighted by Crippen LogP contribution is -2.45. The van der Waals surface area contributed by atoms with Crippen LogP contribution in [0.5, 0.6) is 0 Å². The van der Waals surface area contributed by atoms with Crippen molar-refractivity contribution in [2.75, 3.05) is 0 Å². The zero-order valence-electron chi connectivity index (χ0n) is 16.4. The van der Waals surface area contributed by atoms with Gasteiger partial charge in [0.15, 0.2) is 0 Å². The SMILES string of the molecule is CC1=C(c2nc(-c3cccs3)no2)C(c2cccc(Cl)c2)NC(=O)N1Cc1cccs1. The molecule has 2 amide bonds. The molecule has 1 unspecified atom stereocenters. The molecule has 6 nitrogen and oxygen atoms in total. The number of allylic oxidation sites excluding steroid dienone is 1. The first-order valence-electron chi connectivity index (χ1n) is 9.55. The number of nitrogens with one attached hydrogen (secondary N) is 1. The van der Waals surface area contributed by atoms with Crippen LogP contribution in [0, 0.1) is 0 Å². The van der Waals surface area contributed by atoms with Gasteiger partial charge in [0, 0.05) is 15.6 Å². The largest absolute Gasteiger partial charge is 0.334 e. The first-order valence-corrected chi connectivity index (χ1v) is 11.7. The third kappa shape index (κ3) is 3.89. The number of hydrogen-bond donors (Lipinski definition) is 1. The minimum absolute atomic E-state index is 0.183. The lowest BCUT2D eigenvalue weighted by atomic mass is 9.94. The van der Waals surface area contributed by atoms with E-state index in [-0.39, 0.29) is 6.03 Å². The Balaban J connectivity index is 1.62. The molecule has 0 saturated carbocycles. The van der Waals surface area contributed by atoms with Crippen molar-refractivity contribution in [3.63, 3.8) is 0 Å². The molecule has 0 aliphatic carbocycles. The standard InChI is InChI=1S/C22H17ClN4O2S2/c1-13-18(21-25-20(26-29-21)17-8-4-10-31-17)19(14-5-2-6-15(23)11-14)24-22(28)27(13)12-16-7-3-9-30-16/h2-11,19H,12H2,1H3,(H,24,28). The Morgan fingerprint density at radius 3 is 2.74 bits per heavy atom. The highest BCUT2D eigenvalue weighted by Crippen LogP contribution is 2.38. The summed E-state index contributed by atoms with van der Waals surface area (Å²) in [6, 6.07) is 14.7. The third-order valence-electron chi connectivity index (χ3n) is 5.07. The van der Waals surface area contributed by atoms with Crippen molar-refractivity contribution >= 4 is 45.9 Å². The zero-order chi connectivity index (χ0) is 21.4. The fraction of sp³-hybridized carbons (Fsp3) is 0.136. The number of halogens is 1. The van der Waals surface area contributed by atoms with Crippen LogP contribution in [-0.2, 0) is 6.54 Å². The predicted molar refractivity (Wildman–Crippen MR) is 123 cm³/mol. The summed E-state index contributed by atoms with van der Waals surface area (Å²) in [7, 11) is 0. The number of nitrogens with zero attached hydrogens (tertiary/aromatic N) is 3. The number of rotatable bonds is 5. The van der Waals surface area contributed by atoms with Crippen LogP contribution in [0.4, 0.5) is 4.79 Å². The van der Waals surface area contributed by atoms with Gasteiger partial charge in [-0.2, -0.15) is 4.98 Å². The fourth-order valence-corrected chi connectivity index (χ4v) is 5.12. The van der Waals surface area contributed by atoms with Crippen LogP contribution >= 0.6 is 34.3 Å². The van der Waals surface area contributed by atoms with Gasteiger partial charge in [-0.1, -0.05) is 41.0 Å². The first-order chi connectivity index (χ1) is 15.1. The van der Waals surface area contributed by atoms with Gasteiger partial charge in [-0.15, -0.1) is 22.7 Å². The minimum Gasteiger partial charge on any atom is -0.334 e. The molecule has 9 heteroatoms. The van der Waals surface area contributed by atoms with Crippen LogP contribution in [0.1, 0.15) is 29.3 Å². The van der Waals surface area contributed by atoms with E-state index in [4.69, 9.17) is 16.1 Å². The van der Waals surface area contributed by atoms with Crippen molar-refractivity contribution in [1.82, 2.24) is 20.4 Å². The zero-order valence-corrected chi connectivity index (χ0v) is 18.8. The molecular formula is C22H17ClN4O2S2. The molecule has 1 aliphatic rings. The smallest absolute Gasteiger partial charge is 0.322 e. The van der Waals surface area contributed by atoms with Crippen molar-refractivity contribution < 1.29 is 9.32 Å². The summed E-state index contributed by atoms with van der Waals surface area (Å²) in [6.07, 6.45) is 0. The van der Waals surface area contributed by atoms with E-state index in [0.29, 0.717) is 23.3 Å². The highest BCUT2D eigenvalue weighted by Gasteiger charge is 2.36. The van der Waals surface area contributed by atoms with Crippen molar-refractivity contribution in [3.05, 3.63) is 86.3 Å². The van der Waals surface area contributed by atoms with Crippen LogP contribution in [0.3, 0.4) is 0 Å². The summed E-state index contributed by atoms with van der Waals surface area (Å²) in [5, 5.41) is 11.8. The van der Waals surface area contributed by atoms with Crippen LogP contribution in [0.25, 0.3) is 16.3 Å². The molecule has 0 fully saturated rings. The molecule has 31 heavy (non-hydrogen) atoms. The molecule has 1 N–H and O–H groups in total. The molecule has 0 radical (unpaired) electrons. The summed E-state index contributed by atoms with van der Waals surface area (Å²) < 4.78 is 5.68. The van der Waals surface area contributed by atoms with E-state index in [1.807, 2.05) is 60.1 Å². The van der Waals surface area contributed by atoms with Gasteiger partial charge in [0.2, 0.25) is 5.82 Å². The number of carbonyl (C=O) groups is 1. The normalized spacial score (nSPS) is 16.6. The summed E-state index contributed by atoms with van der Waals surface area (Å²) in [5.74, 6) is 0.902. The van der Waals surface area contributed by atoms with E-state index in [9.17, 15) is 4.79 Å². The van der Waals surface area contributed by atoms with Crippen molar-refractivity contribution in [1.29, 1.82) is 0 Å². The number of thiophene rings is 2. The average molecular weight is 469 g/mol. The van der Waals surface area contributed by atoms with E-state index in [1.165, 1.54) is 0 Å². The molecule has 4 aromatic rings. The van der Waals surface area contributed by atoms with Gasteiger partial charge in [-0.05, 0) is 47.5 Å². The molecule has 1 aromatic carbocycles. The summed E-state index contributed by atoms with van der Waals surface area (Å²) >= 11 is 9.39. The molecule has 4 heterocycles.